The van der Waals surface area contributed by atoms with Gasteiger partial charge in [0.05, 0.1) is 25.3 Å². The Kier molecular flexibility index (Phi) is 6.43. The monoisotopic (exact) mass is 300 g/mol. The lowest BCUT2D eigenvalue weighted by Gasteiger charge is -2.09. The highest BCUT2D eigenvalue weighted by Crippen LogP contribution is 2.21. The summed E-state index contributed by atoms with van der Waals surface area (Å²) in [6, 6.07) is 3.36. The first kappa shape index (κ1) is 17.8. The largest absolute Gasteiger partial charge is 0.465 e. The van der Waals surface area contributed by atoms with Crippen molar-refractivity contribution in [2.45, 2.75) is 4.90 Å². The number of hydrogen-bond acceptors (Lipinski definition) is 6. The Balaban J connectivity index is 0.00000324. The molecule has 19 heavy (non-hydrogen) atoms. The normalized spacial score (nSPS) is 10.3. The molecular weight excluding hydrogens is 288 g/mol. The molecule has 102 valence electrons. The number of hydrogen-bond donors (Lipinski definition) is 1. The topological polar surface area (TPSA) is 107 Å². The average Bonchev–Trinajstić information content (AvgIpc) is 2.34. The van der Waals surface area contributed by atoms with E-state index in [4.69, 9.17) is 4.55 Å². The van der Waals surface area contributed by atoms with E-state index in [0.29, 0.717) is 0 Å². The minimum absolute atomic E-state index is 0. The maximum absolute atomic E-state index is 11.5. The maximum Gasteiger partial charge on any atom is 0.340 e. The minimum atomic E-state index is -4.66. The van der Waals surface area contributed by atoms with Gasteiger partial charge in [0, 0.05) is 0 Å². The molecule has 0 spiro atoms. The summed E-state index contributed by atoms with van der Waals surface area (Å²) in [4.78, 5) is 22.2. The summed E-state index contributed by atoms with van der Waals surface area (Å²) in [7, 11) is -2.57. The van der Waals surface area contributed by atoms with Crippen LogP contribution in [-0.4, -0.2) is 62.2 Å². The molecule has 0 aliphatic heterocycles. The molecule has 0 saturated heterocycles. The van der Waals surface area contributed by atoms with Crippen LogP contribution in [0.5, 0.6) is 0 Å². The Bertz CT molecular complexity index is 594. The zero-order valence-electron chi connectivity index (χ0n) is 9.54. The van der Waals surface area contributed by atoms with E-state index < -0.39 is 32.5 Å². The van der Waals surface area contributed by atoms with Crippen molar-refractivity contribution in [1.29, 1.82) is 0 Å². The van der Waals surface area contributed by atoms with Crippen LogP contribution in [0.1, 0.15) is 20.7 Å². The van der Waals surface area contributed by atoms with Crippen LogP contribution in [0.4, 0.5) is 0 Å². The average molecular weight is 301 g/mol. The van der Waals surface area contributed by atoms with Crippen molar-refractivity contribution in [2.75, 3.05) is 14.2 Å². The third-order valence-electron chi connectivity index (χ3n) is 2.10. The van der Waals surface area contributed by atoms with Gasteiger partial charge in [-0.15, -0.1) is 0 Å². The van der Waals surface area contributed by atoms with Crippen LogP contribution in [0.3, 0.4) is 0 Å². The summed E-state index contributed by atoms with van der Waals surface area (Å²) in [6.45, 7) is 0. The summed E-state index contributed by atoms with van der Waals surface area (Å²) in [5, 5.41) is 0. The maximum atomic E-state index is 11.5. The molecule has 0 aliphatic carbocycles. The molecule has 7 nitrogen and oxygen atoms in total. The first-order valence-corrected chi connectivity index (χ1v) is 6.04. The number of rotatable bonds is 3. The minimum Gasteiger partial charge on any atom is -0.465 e. The van der Waals surface area contributed by atoms with Gasteiger partial charge >= 0.3 is 35.0 Å². The standard InChI is InChI=1S/C10H10O7S.Mg.2H/c1-16-9(11)6-4-3-5-7(18(13,14)15)8(6)10(12)17-2;;;/h3-5H,1-2H3,(H,13,14,15);;;. The number of ether oxygens (including phenoxy) is 2. The van der Waals surface area contributed by atoms with Gasteiger partial charge in [-0.05, 0) is 12.1 Å². The molecule has 1 rings (SSSR count). The van der Waals surface area contributed by atoms with Crippen molar-refractivity contribution in [3.63, 3.8) is 0 Å². The van der Waals surface area contributed by atoms with Crippen LogP contribution in [0.25, 0.3) is 0 Å². The summed E-state index contributed by atoms with van der Waals surface area (Å²) >= 11 is 0. The summed E-state index contributed by atoms with van der Waals surface area (Å²) in [6.07, 6.45) is 0. The molecule has 9 heteroatoms. The van der Waals surface area contributed by atoms with E-state index in [0.717, 1.165) is 20.3 Å². The van der Waals surface area contributed by atoms with Gasteiger partial charge < -0.3 is 9.47 Å². The van der Waals surface area contributed by atoms with Crippen LogP contribution in [0.15, 0.2) is 23.1 Å². The molecule has 1 aromatic rings. The lowest BCUT2D eigenvalue weighted by molar-refractivity contribution is 0.0551. The number of benzene rings is 1. The van der Waals surface area contributed by atoms with Crippen molar-refractivity contribution in [3.8, 4) is 0 Å². The van der Waals surface area contributed by atoms with Crippen molar-refractivity contribution >= 4 is 45.1 Å². The molecule has 0 aliphatic rings. The fourth-order valence-corrected chi connectivity index (χ4v) is 2.04. The molecule has 0 aromatic heterocycles. The van der Waals surface area contributed by atoms with E-state index in [1.54, 1.807) is 0 Å². The molecular formula is C10H12MgO7S. The van der Waals surface area contributed by atoms with Crippen LogP contribution >= 0.6 is 0 Å². The smallest absolute Gasteiger partial charge is 0.340 e. The predicted molar refractivity (Wildman–Crippen MR) is 67.5 cm³/mol. The van der Waals surface area contributed by atoms with Crippen molar-refractivity contribution in [2.24, 2.45) is 0 Å². The van der Waals surface area contributed by atoms with Gasteiger partial charge in [0.15, 0.2) is 0 Å². The van der Waals surface area contributed by atoms with Gasteiger partial charge in [-0.25, -0.2) is 9.59 Å². The Morgan fingerprint density at radius 1 is 1.11 bits per heavy atom. The molecule has 1 N–H and O–H groups in total. The Morgan fingerprint density at radius 2 is 1.63 bits per heavy atom. The summed E-state index contributed by atoms with van der Waals surface area (Å²) < 4.78 is 40.1. The van der Waals surface area contributed by atoms with Crippen molar-refractivity contribution in [1.82, 2.24) is 0 Å². The molecule has 0 bridgehead atoms. The fourth-order valence-electron chi connectivity index (χ4n) is 1.34. The second-order valence-electron chi connectivity index (χ2n) is 3.14. The van der Waals surface area contributed by atoms with Gasteiger partial charge in [0.2, 0.25) is 0 Å². The number of carbonyl (C=O) groups is 2. The SMILES string of the molecule is COC(=O)c1cccc(S(=O)(=O)O)c1C(=O)OC.[MgH2]. The Labute approximate surface area is 125 Å². The van der Waals surface area contributed by atoms with Gasteiger partial charge in [0.1, 0.15) is 4.90 Å². The van der Waals surface area contributed by atoms with Gasteiger partial charge in [-0.2, -0.15) is 8.42 Å². The lowest BCUT2D eigenvalue weighted by Crippen LogP contribution is -2.16. The van der Waals surface area contributed by atoms with E-state index in [1.165, 1.54) is 12.1 Å². The Morgan fingerprint density at radius 3 is 2.05 bits per heavy atom. The zero-order chi connectivity index (χ0) is 13.9. The third-order valence-corrected chi connectivity index (χ3v) is 2.99. The second-order valence-corrected chi connectivity index (χ2v) is 4.53. The van der Waals surface area contributed by atoms with Crippen LogP contribution in [0, 0.1) is 0 Å². The van der Waals surface area contributed by atoms with E-state index in [2.05, 4.69) is 9.47 Å². The number of methoxy groups -OCH3 is 2. The first-order chi connectivity index (χ1) is 8.32. The molecule has 0 heterocycles. The molecule has 0 saturated carbocycles. The Hall–Kier alpha value is -1.16. The van der Waals surface area contributed by atoms with E-state index in [1.807, 2.05) is 0 Å². The van der Waals surface area contributed by atoms with Crippen LogP contribution < -0.4 is 0 Å². The molecule has 0 radical (unpaired) electrons. The highest BCUT2D eigenvalue weighted by atomic mass is 32.2. The van der Waals surface area contributed by atoms with E-state index in [9.17, 15) is 18.0 Å². The highest BCUT2D eigenvalue weighted by Gasteiger charge is 2.27. The molecule has 0 amide bonds. The predicted octanol–water partition coefficient (Wildman–Crippen LogP) is -0.410. The second kappa shape index (κ2) is 6.85. The molecule has 0 unspecified atom stereocenters. The van der Waals surface area contributed by atoms with E-state index >= 15 is 0 Å². The van der Waals surface area contributed by atoms with E-state index in [-0.39, 0.29) is 28.6 Å². The van der Waals surface area contributed by atoms with Gasteiger partial charge in [-0.1, -0.05) is 6.07 Å². The quantitative estimate of drug-likeness (QED) is 0.459. The number of esters is 2. The lowest BCUT2D eigenvalue weighted by atomic mass is 10.1. The van der Waals surface area contributed by atoms with Crippen molar-refractivity contribution < 1.29 is 32.0 Å². The highest BCUT2D eigenvalue weighted by molar-refractivity contribution is 7.86. The zero-order valence-corrected chi connectivity index (χ0v) is 10.4. The van der Waals surface area contributed by atoms with Crippen molar-refractivity contribution in [3.05, 3.63) is 29.3 Å². The van der Waals surface area contributed by atoms with Crippen LogP contribution in [0.2, 0.25) is 0 Å². The molecule has 0 fully saturated rings. The van der Waals surface area contributed by atoms with Gasteiger partial charge in [0.25, 0.3) is 10.1 Å². The fraction of sp³-hybridized carbons (Fsp3) is 0.200. The summed E-state index contributed by atoms with van der Waals surface area (Å²) in [5.74, 6) is -1.98. The first-order valence-electron chi connectivity index (χ1n) is 4.60. The van der Waals surface area contributed by atoms with Crippen LogP contribution in [-0.2, 0) is 19.6 Å². The summed E-state index contributed by atoms with van der Waals surface area (Å²) in [5.41, 5.74) is -0.867. The molecule has 0 atom stereocenters. The molecule has 1 aromatic carbocycles. The number of carbonyl (C=O) groups excluding carboxylic acids is 2. The van der Waals surface area contributed by atoms with Gasteiger partial charge in [-0.3, -0.25) is 4.55 Å². The third kappa shape index (κ3) is 3.90.